The van der Waals surface area contributed by atoms with Gasteiger partial charge in [0.1, 0.15) is 0 Å². The summed E-state index contributed by atoms with van der Waals surface area (Å²) in [6.45, 7) is 3.86. The summed E-state index contributed by atoms with van der Waals surface area (Å²) in [6.07, 6.45) is 0. The van der Waals surface area contributed by atoms with Crippen LogP contribution >= 0.6 is 15.9 Å². The van der Waals surface area contributed by atoms with Gasteiger partial charge in [-0.1, -0.05) is 52.3 Å². The van der Waals surface area contributed by atoms with Gasteiger partial charge in [-0.3, -0.25) is 0 Å². The molecule has 0 nitrogen and oxygen atoms in total. The van der Waals surface area contributed by atoms with Crippen LogP contribution in [-0.2, 0) is 0 Å². The van der Waals surface area contributed by atoms with Gasteiger partial charge < -0.3 is 0 Å². The first-order valence-corrected chi connectivity index (χ1v) is 5.23. The summed E-state index contributed by atoms with van der Waals surface area (Å²) in [7, 11) is 0. The number of halogens is 1. The highest BCUT2D eigenvalue weighted by atomic mass is 79.9. The van der Waals surface area contributed by atoms with Crippen molar-refractivity contribution >= 4 is 15.9 Å². The molecule has 0 spiro atoms. The minimum atomic E-state index is 1.05. The topological polar surface area (TPSA) is 0 Å². The van der Waals surface area contributed by atoms with Crippen molar-refractivity contribution in [1.29, 1.82) is 0 Å². The Morgan fingerprint density at radius 2 is 1.14 bits per heavy atom. The molecule has 2 rings (SSSR count). The predicted molar refractivity (Wildman–Crippen MR) is 64.0 cm³/mol. The maximum Gasteiger partial charge on any atom is 0.0175 e. The van der Waals surface area contributed by atoms with Crippen molar-refractivity contribution < 1.29 is 0 Å². The van der Waals surface area contributed by atoms with E-state index < -0.39 is 0 Å². The quantitative estimate of drug-likeness (QED) is 0.703. The minimum absolute atomic E-state index is 1.05. The third-order valence-corrected chi connectivity index (χ3v) is 2.66. The molecule has 0 bridgehead atoms. The van der Waals surface area contributed by atoms with E-state index in [0.29, 0.717) is 0 Å². The average Bonchev–Trinajstić information content (AvgIpc) is 2.21. The fourth-order valence-corrected chi connectivity index (χ4v) is 1.60. The Hall–Kier alpha value is -1.08. The Morgan fingerprint density at radius 1 is 0.714 bits per heavy atom. The van der Waals surface area contributed by atoms with Crippen LogP contribution < -0.4 is 0 Å². The Kier molecular flexibility index (Phi) is 2.69. The zero-order valence-electron chi connectivity index (χ0n) is 7.70. The van der Waals surface area contributed by atoms with Crippen LogP contribution in [0.15, 0.2) is 53.0 Å². The van der Waals surface area contributed by atoms with Gasteiger partial charge in [0.2, 0.25) is 0 Å². The van der Waals surface area contributed by atoms with Crippen LogP contribution in [0.3, 0.4) is 0 Å². The van der Waals surface area contributed by atoms with Crippen LogP contribution in [-0.4, -0.2) is 0 Å². The predicted octanol–water partition coefficient (Wildman–Crippen LogP) is 4.30. The summed E-state index contributed by atoms with van der Waals surface area (Å²) in [5.74, 6) is 0. The molecule has 69 valence electrons. The second-order valence-corrected chi connectivity index (χ2v) is 4.12. The number of rotatable bonds is 1. The minimum Gasteiger partial charge on any atom is -0.0584 e. The number of hydrogen-bond donors (Lipinski definition) is 0. The highest BCUT2D eigenvalue weighted by Crippen LogP contribution is 2.21. The summed E-state index contributed by atoms with van der Waals surface area (Å²) in [4.78, 5) is 0. The fourth-order valence-electron chi connectivity index (χ4n) is 1.34. The lowest BCUT2D eigenvalue weighted by Gasteiger charge is -2.01. The van der Waals surface area contributed by atoms with Crippen molar-refractivity contribution in [2.75, 3.05) is 0 Å². The number of hydrogen-bond acceptors (Lipinski definition) is 0. The molecule has 0 saturated heterocycles. The van der Waals surface area contributed by atoms with Crippen LogP contribution in [0.25, 0.3) is 11.1 Å². The Bertz CT molecular complexity index is 368. The van der Waals surface area contributed by atoms with Crippen LogP contribution in [0.5, 0.6) is 0 Å². The van der Waals surface area contributed by atoms with E-state index in [9.17, 15) is 0 Å². The molecule has 0 fully saturated rings. The first kappa shape index (κ1) is 9.47. The maximum atomic E-state index is 3.86. The summed E-state index contributed by atoms with van der Waals surface area (Å²) >= 11 is 3.42. The molecule has 0 saturated carbocycles. The molecule has 2 aromatic rings. The molecule has 0 aliphatic rings. The number of benzene rings is 2. The zero-order chi connectivity index (χ0) is 9.97. The maximum absolute atomic E-state index is 3.86. The smallest absolute Gasteiger partial charge is 0.0175 e. The monoisotopic (exact) mass is 245 g/mol. The molecule has 1 heteroatoms. The van der Waals surface area contributed by atoms with Gasteiger partial charge in [0.25, 0.3) is 0 Å². The fraction of sp³-hybridized carbons (Fsp3) is 0. The lowest BCUT2D eigenvalue weighted by atomic mass is 10.0. The summed E-state index contributed by atoms with van der Waals surface area (Å²) in [5.41, 5.74) is 3.50. The van der Waals surface area contributed by atoms with Gasteiger partial charge in [-0.2, -0.15) is 0 Å². The molecule has 0 aliphatic heterocycles. The molecule has 0 amide bonds. The van der Waals surface area contributed by atoms with E-state index in [1.54, 1.807) is 0 Å². The van der Waals surface area contributed by atoms with Crippen molar-refractivity contribution in [2.45, 2.75) is 0 Å². The molecule has 14 heavy (non-hydrogen) atoms. The second-order valence-electron chi connectivity index (χ2n) is 3.20. The molecule has 0 aromatic heterocycles. The SMILES string of the molecule is [CH2]c1ccc(-c2ccc(Br)cc2)cc1. The van der Waals surface area contributed by atoms with Gasteiger partial charge in [0, 0.05) is 4.47 Å². The molecule has 0 heterocycles. The lowest BCUT2D eigenvalue weighted by molar-refractivity contribution is 1.56. The van der Waals surface area contributed by atoms with E-state index in [1.165, 1.54) is 11.1 Å². The Morgan fingerprint density at radius 3 is 1.64 bits per heavy atom. The van der Waals surface area contributed by atoms with Crippen LogP contribution in [0.4, 0.5) is 0 Å². The third-order valence-electron chi connectivity index (χ3n) is 2.13. The van der Waals surface area contributed by atoms with Crippen molar-refractivity contribution in [1.82, 2.24) is 0 Å². The highest BCUT2D eigenvalue weighted by molar-refractivity contribution is 9.10. The standard InChI is InChI=1S/C13H10Br/c1-10-2-4-11(5-3-10)12-6-8-13(14)9-7-12/h2-9H,1H2. The van der Waals surface area contributed by atoms with E-state index in [-0.39, 0.29) is 0 Å². The van der Waals surface area contributed by atoms with E-state index in [1.807, 2.05) is 24.3 Å². The Balaban J connectivity index is 2.40. The van der Waals surface area contributed by atoms with Gasteiger partial charge in [-0.05, 0) is 35.7 Å². The van der Waals surface area contributed by atoms with Crippen molar-refractivity contribution in [2.24, 2.45) is 0 Å². The average molecular weight is 246 g/mol. The molecule has 0 N–H and O–H groups in total. The normalized spacial score (nSPS) is 10.1. The summed E-state index contributed by atoms with van der Waals surface area (Å²) in [5, 5.41) is 0. The van der Waals surface area contributed by atoms with Gasteiger partial charge >= 0.3 is 0 Å². The van der Waals surface area contributed by atoms with Crippen LogP contribution in [0.1, 0.15) is 5.56 Å². The molecular weight excluding hydrogens is 236 g/mol. The summed E-state index contributed by atoms with van der Waals surface area (Å²) in [6, 6.07) is 16.5. The van der Waals surface area contributed by atoms with Crippen LogP contribution in [0, 0.1) is 6.92 Å². The summed E-state index contributed by atoms with van der Waals surface area (Å²) < 4.78 is 1.11. The molecule has 0 unspecified atom stereocenters. The lowest BCUT2D eigenvalue weighted by Crippen LogP contribution is -1.77. The van der Waals surface area contributed by atoms with E-state index in [4.69, 9.17) is 0 Å². The van der Waals surface area contributed by atoms with Crippen molar-refractivity contribution in [3.05, 3.63) is 65.5 Å². The van der Waals surface area contributed by atoms with Gasteiger partial charge in [-0.15, -0.1) is 0 Å². The third kappa shape index (κ3) is 2.05. The van der Waals surface area contributed by atoms with Gasteiger partial charge in [0.15, 0.2) is 0 Å². The van der Waals surface area contributed by atoms with Gasteiger partial charge in [-0.25, -0.2) is 0 Å². The van der Waals surface area contributed by atoms with Crippen LogP contribution in [0.2, 0.25) is 0 Å². The largest absolute Gasteiger partial charge is 0.0584 e. The van der Waals surface area contributed by atoms with Gasteiger partial charge in [0.05, 0.1) is 0 Å². The molecule has 0 atom stereocenters. The Labute approximate surface area is 92.7 Å². The molecule has 0 aliphatic carbocycles. The molecular formula is C13H10Br. The van der Waals surface area contributed by atoms with E-state index >= 15 is 0 Å². The van der Waals surface area contributed by atoms with Crippen molar-refractivity contribution in [3.8, 4) is 11.1 Å². The highest BCUT2D eigenvalue weighted by Gasteiger charge is 1.95. The zero-order valence-corrected chi connectivity index (χ0v) is 9.29. The van der Waals surface area contributed by atoms with E-state index in [2.05, 4.69) is 47.1 Å². The second kappa shape index (κ2) is 3.97. The first-order chi connectivity index (χ1) is 6.75. The van der Waals surface area contributed by atoms with Crippen molar-refractivity contribution in [3.63, 3.8) is 0 Å². The molecule has 2 aromatic carbocycles. The molecule has 1 radical (unpaired) electrons. The van der Waals surface area contributed by atoms with E-state index in [0.717, 1.165) is 10.0 Å². The first-order valence-electron chi connectivity index (χ1n) is 4.44.